The Morgan fingerprint density at radius 2 is 2.11 bits per heavy atom. The molecule has 1 aromatic heterocycles. The van der Waals surface area contributed by atoms with E-state index in [9.17, 15) is 9.90 Å². The number of aliphatic hydroxyl groups is 1. The van der Waals surface area contributed by atoms with Crippen LogP contribution >= 0.6 is 0 Å². The van der Waals surface area contributed by atoms with Crippen molar-refractivity contribution in [2.45, 2.75) is 46.1 Å². The second-order valence-electron chi connectivity index (χ2n) is 5.40. The van der Waals surface area contributed by atoms with Gasteiger partial charge in [0, 0.05) is 13.6 Å². The van der Waals surface area contributed by atoms with Crippen molar-refractivity contribution < 1.29 is 9.90 Å². The molecule has 0 spiro atoms. The molecule has 1 aromatic rings. The van der Waals surface area contributed by atoms with Crippen molar-refractivity contribution in [3.8, 4) is 0 Å². The zero-order valence-electron chi connectivity index (χ0n) is 12.5. The summed E-state index contributed by atoms with van der Waals surface area (Å²) in [6.07, 6.45) is 0.381. The molecule has 5 nitrogen and oxygen atoms in total. The predicted octanol–water partition coefficient (Wildman–Crippen LogP) is 1.68. The molecule has 108 valence electrons. The van der Waals surface area contributed by atoms with Crippen molar-refractivity contribution in [2.75, 3.05) is 6.54 Å². The normalized spacial score (nSPS) is 14.5. The summed E-state index contributed by atoms with van der Waals surface area (Å²) >= 11 is 0. The van der Waals surface area contributed by atoms with Gasteiger partial charge in [-0.05, 0) is 17.9 Å². The Morgan fingerprint density at radius 3 is 2.58 bits per heavy atom. The average Bonchev–Trinajstić information content (AvgIpc) is 2.76. The number of aromatic nitrogens is 2. The largest absolute Gasteiger partial charge is 0.391 e. The zero-order chi connectivity index (χ0) is 14.6. The molecule has 5 heteroatoms. The van der Waals surface area contributed by atoms with Crippen LogP contribution in [0.2, 0.25) is 0 Å². The lowest BCUT2D eigenvalue weighted by atomic mass is 10.0. The van der Waals surface area contributed by atoms with Gasteiger partial charge in [0.25, 0.3) is 5.91 Å². The minimum absolute atomic E-state index is 0.179. The molecule has 19 heavy (non-hydrogen) atoms. The fraction of sp³-hybridized carbons (Fsp3) is 0.714. The Kier molecular flexibility index (Phi) is 5.54. The Morgan fingerprint density at radius 1 is 1.47 bits per heavy atom. The van der Waals surface area contributed by atoms with Crippen LogP contribution in [-0.4, -0.2) is 33.4 Å². The van der Waals surface area contributed by atoms with E-state index in [4.69, 9.17) is 0 Å². The first-order chi connectivity index (χ1) is 8.86. The number of hydrogen-bond acceptors (Lipinski definition) is 3. The fourth-order valence-electron chi connectivity index (χ4n) is 1.75. The smallest absolute Gasteiger partial charge is 0.269 e. The van der Waals surface area contributed by atoms with Gasteiger partial charge in [-0.3, -0.25) is 9.48 Å². The van der Waals surface area contributed by atoms with Crippen molar-refractivity contribution >= 4 is 5.91 Å². The van der Waals surface area contributed by atoms with Crippen LogP contribution in [0.15, 0.2) is 6.07 Å². The predicted molar refractivity (Wildman–Crippen MR) is 75.1 cm³/mol. The standard InChI is InChI=1S/C14H25N3O2/c1-6-10(4)13(18)8-15-14(19)12-7-11(9(2)3)16-17(12)5/h7,9-10,13,18H,6,8H2,1-5H3,(H,15,19)/t10-,13-/m0/s1. The summed E-state index contributed by atoms with van der Waals surface area (Å²) in [4.78, 5) is 12.0. The Labute approximate surface area is 115 Å². The maximum atomic E-state index is 12.0. The van der Waals surface area contributed by atoms with Crippen LogP contribution in [0.25, 0.3) is 0 Å². The summed E-state index contributed by atoms with van der Waals surface area (Å²) < 4.78 is 1.58. The van der Waals surface area contributed by atoms with Crippen LogP contribution in [0.4, 0.5) is 0 Å². The van der Waals surface area contributed by atoms with Gasteiger partial charge in [0.2, 0.25) is 0 Å². The highest BCUT2D eigenvalue weighted by Crippen LogP contribution is 2.13. The van der Waals surface area contributed by atoms with Gasteiger partial charge in [-0.2, -0.15) is 5.10 Å². The second kappa shape index (κ2) is 6.70. The molecular weight excluding hydrogens is 242 g/mol. The third-order valence-electron chi connectivity index (χ3n) is 3.50. The highest BCUT2D eigenvalue weighted by atomic mass is 16.3. The van der Waals surface area contributed by atoms with Gasteiger partial charge in [0.05, 0.1) is 11.8 Å². The minimum atomic E-state index is -0.508. The maximum absolute atomic E-state index is 12.0. The van der Waals surface area contributed by atoms with Crippen LogP contribution in [-0.2, 0) is 7.05 Å². The number of aryl methyl sites for hydroxylation is 1. The lowest BCUT2D eigenvalue weighted by Crippen LogP contribution is -2.36. The maximum Gasteiger partial charge on any atom is 0.269 e. The number of hydrogen-bond donors (Lipinski definition) is 2. The van der Waals surface area contributed by atoms with E-state index >= 15 is 0 Å². The quantitative estimate of drug-likeness (QED) is 0.824. The third-order valence-corrected chi connectivity index (χ3v) is 3.50. The van der Waals surface area contributed by atoms with Crippen molar-refractivity contribution in [1.29, 1.82) is 0 Å². The summed E-state index contributed by atoms with van der Waals surface area (Å²) in [5, 5.41) is 16.9. The van der Waals surface area contributed by atoms with Crippen LogP contribution in [0, 0.1) is 5.92 Å². The average molecular weight is 267 g/mol. The first-order valence-corrected chi connectivity index (χ1v) is 6.87. The van der Waals surface area contributed by atoms with Gasteiger partial charge < -0.3 is 10.4 Å². The lowest BCUT2D eigenvalue weighted by Gasteiger charge is -2.17. The summed E-state index contributed by atoms with van der Waals surface area (Å²) in [7, 11) is 1.76. The fourth-order valence-corrected chi connectivity index (χ4v) is 1.75. The molecule has 2 N–H and O–H groups in total. The first-order valence-electron chi connectivity index (χ1n) is 6.87. The monoisotopic (exact) mass is 267 g/mol. The number of carbonyl (C=O) groups is 1. The molecule has 2 atom stereocenters. The van der Waals surface area contributed by atoms with Crippen molar-refractivity contribution in [1.82, 2.24) is 15.1 Å². The van der Waals surface area contributed by atoms with E-state index < -0.39 is 6.10 Å². The molecule has 0 radical (unpaired) electrons. The van der Waals surface area contributed by atoms with E-state index in [-0.39, 0.29) is 18.4 Å². The van der Waals surface area contributed by atoms with Gasteiger partial charge in [0.15, 0.2) is 0 Å². The van der Waals surface area contributed by atoms with E-state index in [0.717, 1.165) is 12.1 Å². The van der Waals surface area contributed by atoms with Crippen LogP contribution < -0.4 is 5.32 Å². The van der Waals surface area contributed by atoms with Gasteiger partial charge in [-0.1, -0.05) is 34.1 Å². The highest BCUT2D eigenvalue weighted by Gasteiger charge is 2.17. The SMILES string of the molecule is CC[C@H](C)[C@@H](O)CNC(=O)c1cc(C(C)C)nn1C. The Balaban J connectivity index is 2.63. The molecule has 0 aliphatic rings. The topological polar surface area (TPSA) is 67.2 Å². The Bertz CT molecular complexity index is 426. The van der Waals surface area contributed by atoms with Crippen LogP contribution in [0.3, 0.4) is 0 Å². The zero-order valence-corrected chi connectivity index (χ0v) is 12.5. The molecule has 0 fully saturated rings. The van der Waals surface area contributed by atoms with Crippen molar-refractivity contribution in [2.24, 2.45) is 13.0 Å². The molecule has 0 aromatic carbocycles. The van der Waals surface area contributed by atoms with E-state index in [1.165, 1.54) is 0 Å². The van der Waals surface area contributed by atoms with Crippen molar-refractivity contribution in [3.05, 3.63) is 17.5 Å². The number of amides is 1. The first kappa shape index (κ1) is 15.7. The lowest BCUT2D eigenvalue weighted by molar-refractivity contribution is 0.0842. The molecule has 0 saturated heterocycles. The minimum Gasteiger partial charge on any atom is -0.391 e. The molecule has 0 aliphatic heterocycles. The Hall–Kier alpha value is -1.36. The summed E-state index contributed by atoms with van der Waals surface area (Å²) in [5.74, 6) is 0.278. The van der Waals surface area contributed by atoms with E-state index in [0.29, 0.717) is 11.6 Å². The number of aliphatic hydroxyl groups excluding tert-OH is 1. The van der Waals surface area contributed by atoms with Gasteiger partial charge in [-0.25, -0.2) is 0 Å². The molecule has 1 rings (SSSR count). The molecule has 1 heterocycles. The van der Waals surface area contributed by atoms with Gasteiger partial charge in [-0.15, -0.1) is 0 Å². The second-order valence-corrected chi connectivity index (χ2v) is 5.40. The van der Waals surface area contributed by atoms with Crippen molar-refractivity contribution in [3.63, 3.8) is 0 Å². The van der Waals surface area contributed by atoms with Gasteiger partial charge in [0.1, 0.15) is 5.69 Å². The summed E-state index contributed by atoms with van der Waals surface area (Å²) in [5.41, 5.74) is 1.43. The summed E-state index contributed by atoms with van der Waals surface area (Å²) in [6.45, 7) is 8.34. The number of carbonyl (C=O) groups excluding carboxylic acids is 1. The molecule has 1 amide bonds. The highest BCUT2D eigenvalue weighted by molar-refractivity contribution is 5.92. The molecule has 0 bridgehead atoms. The molecule has 0 saturated carbocycles. The van der Waals surface area contributed by atoms with Crippen LogP contribution in [0.5, 0.6) is 0 Å². The number of nitrogens with one attached hydrogen (secondary N) is 1. The number of rotatable bonds is 6. The van der Waals surface area contributed by atoms with E-state index in [1.807, 2.05) is 27.7 Å². The van der Waals surface area contributed by atoms with E-state index in [1.54, 1.807) is 17.8 Å². The number of nitrogens with zero attached hydrogens (tertiary/aromatic N) is 2. The van der Waals surface area contributed by atoms with E-state index in [2.05, 4.69) is 10.4 Å². The van der Waals surface area contributed by atoms with Crippen LogP contribution in [0.1, 0.15) is 56.2 Å². The third kappa shape index (κ3) is 4.06. The summed E-state index contributed by atoms with van der Waals surface area (Å²) in [6, 6.07) is 1.80. The molecule has 0 unspecified atom stereocenters. The van der Waals surface area contributed by atoms with Gasteiger partial charge >= 0.3 is 0 Å². The molecule has 0 aliphatic carbocycles. The molecular formula is C14H25N3O2.